The van der Waals surface area contributed by atoms with Gasteiger partial charge >= 0.3 is 0 Å². The fourth-order valence-corrected chi connectivity index (χ4v) is 3.23. The summed E-state index contributed by atoms with van der Waals surface area (Å²) in [5, 5.41) is 6.68. The van der Waals surface area contributed by atoms with Crippen LogP contribution in [0, 0.1) is 0 Å². The van der Waals surface area contributed by atoms with Crippen LogP contribution in [0.15, 0.2) is 46.0 Å². The maximum absolute atomic E-state index is 12.0. The van der Waals surface area contributed by atoms with E-state index in [1.165, 1.54) is 6.21 Å². The van der Waals surface area contributed by atoms with Crippen LogP contribution in [0.4, 0.5) is 5.69 Å². The van der Waals surface area contributed by atoms with Crippen molar-refractivity contribution in [2.75, 3.05) is 25.6 Å². The molecule has 31 heavy (non-hydrogen) atoms. The van der Waals surface area contributed by atoms with Gasteiger partial charge in [0.2, 0.25) is 11.8 Å². The van der Waals surface area contributed by atoms with E-state index >= 15 is 0 Å². The van der Waals surface area contributed by atoms with E-state index in [4.69, 9.17) is 14.2 Å². The Labute approximate surface area is 190 Å². The average Bonchev–Trinajstić information content (AvgIpc) is 2.74. The van der Waals surface area contributed by atoms with E-state index in [1.807, 2.05) is 13.8 Å². The van der Waals surface area contributed by atoms with Crippen molar-refractivity contribution in [2.24, 2.45) is 5.10 Å². The first kappa shape index (κ1) is 24.2. The second kappa shape index (κ2) is 12.6. The minimum absolute atomic E-state index is 0.0106. The molecule has 2 N–H and O–H groups in total. The molecule has 0 radical (unpaired) electrons. The lowest BCUT2D eigenvalue weighted by atomic mass is 10.2. The van der Waals surface area contributed by atoms with E-state index < -0.39 is 0 Å². The summed E-state index contributed by atoms with van der Waals surface area (Å²) in [6.07, 6.45) is 1.54. The van der Waals surface area contributed by atoms with Crippen molar-refractivity contribution < 1.29 is 23.8 Å². The Kier molecular flexibility index (Phi) is 9.83. The van der Waals surface area contributed by atoms with Crippen molar-refractivity contribution in [3.8, 4) is 17.2 Å². The van der Waals surface area contributed by atoms with Gasteiger partial charge in [-0.3, -0.25) is 9.59 Å². The minimum atomic E-state index is -0.365. The van der Waals surface area contributed by atoms with Crippen LogP contribution in [0.25, 0.3) is 0 Å². The maximum atomic E-state index is 12.0. The van der Waals surface area contributed by atoms with Gasteiger partial charge in [0.15, 0.2) is 11.5 Å². The van der Waals surface area contributed by atoms with Gasteiger partial charge < -0.3 is 19.5 Å². The second-order valence-electron chi connectivity index (χ2n) is 6.27. The Morgan fingerprint density at radius 3 is 2.35 bits per heavy atom. The average molecular weight is 492 g/mol. The van der Waals surface area contributed by atoms with E-state index in [1.54, 1.807) is 43.5 Å². The first-order valence-electron chi connectivity index (χ1n) is 9.81. The number of methoxy groups -OCH3 is 1. The van der Waals surface area contributed by atoms with Crippen LogP contribution < -0.4 is 25.0 Å². The van der Waals surface area contributed by atoms with Crippen LogP contribution in [0.2, 0.25) is 0 Å². The fraction of sp³-hybridized carbons (Fsp3) is 0.318. The topological polar surface area (TPSA) is 98.2 Å². The number of halogens is 1. The van der Waals surface area contributed by atoms with E-state index in [0.29, 0.717) is 40.4 Å². The van der Waals surface area contributed by atoms with Crippen molar-refractivity contribution >= 4 is 39.6 Å². The predicted molar refractivity (Wildman–Crippen MR) is 123 cm³/mol. The molecular weight excluding hydrogens is 466 g/mol. The van der Waals surface area contributed by atoms with E-state index in [-0.39, 0.29) is 24.7 Å². The van der Waals surface area contributed by atoms with Gasteiger partial charge in [-0.15, -0.1) is 0 Å². The lowest BCUT2D eigenvalue weighted by Gasteiger charge is -2.11. The number of hydrogen-bond donors (Lipinski definition) is 2. The summed E-state index contributed by atoms with van der Waals surface area (Å²) in [7, 11) is 1.56. The second-order valence-corrected chi connectivity index (χ2v) is 7.12. The highest BCUT2D eigenvalue weighted by Gasteiger charge is 2.11. The third-order valence-electron chi connectivity index (χ3n) is 3.97. The lowest BCUT2D eigenvalue weighted by molar-refractivity contribution is -0.124. The highest BCUT2D eigenvalue weighted by molar-refractivity contribution is 9.10. The van der Waals surface area contributed by atoms with E-state index in [9.17, 15) is 9.59 Å². The zero-order valence-corrected chi connectivity index (χ0v) is 19.3. The van der Waals surface area contributed by atoms with Gasteiger partial charge in [-0.25, -0.2) is 5.43 Å². The molecule has 9 heteroatoms. The van der Waals surface area contributed by atoms with Crippen molar-refractivity contribution in [1.82, 2.24) is 5.43 Å². The van der Waals surface area contributed by atoms with Crippen LogP contribution in [0.3, 0.4) is 0 Å². The van der Waals surface area contributed by atoms with Crippen molar-refractivity contribution in [2.45, 2.75) is 26.7 Å². The molecule has 2 amide bonds. The van der Waals surface area contributed by atoms with Gasteiger partial charge in [-0.1, -0.05) is 0 Å². The molecule has 0 aliphatic carbocycles. The molecule has 166 valence electrons. The molecule has 0 spiro atoms. The molecule has 8 nitrogen and oxygen atoms in total. The first-order chi connectivity index (χ1) is 15.0. The van der Waals surface area contributed by atoms with Crippen molar-refractivity contribution in [3.05, 3.63) is 46.4 Å². The monoisotopic (exact) mass is 491 g/mol. The molecule has 0 unspecified atom stereocenters. The summed E-state index contributed by atoms with van der Waals surface area (Å²) in [5.41, 5.74) is 3.77. The molecule has 0 heterocycles. The van der Waals surface area contributed by atoms with Gasteiger partial charge in [-0.2, -0.15) is 5.10 Å². The number of rotatable bonds is 11. The lowest BCUT2D eigenvalue weighted by Crippen LogP contribution is -2.20. The molecule has 2 aromatic rings. The van der Waals surface area contributed by atoms with Gasteiger partial charge in [0.25, 0.3) is 0 Å². The largest absolute Gasteiger partial charge is 0.494 e. The Morgan fingerprint density at radius 1 is 1.03 bits per heavy atom. The van der Waals surface area contributed by atoms with Crippen LogP contribution in [0.5, 0.6) is 17.2 Å². The summed E-state index contributed by atoms with van der Waals surface area (Å²) >= 11 is 3.42. The molecule has 0 atom stereocenters. The number of ether oxygens (including phenoxy) is 3. The van der Waals surface area contributed by atoms with Gasteiger partial charge in [0, 0.05) is 18.5 Å². The number of nitrogens with zero attached hydrogens (tertiary/aromatic N) is 1. The number of hydrazone groups is 1. The Hall–Kier alpha value is -3.07. The third kappa shape index (κ3) is 7.93. The molecule has 2 rings (SSSR count). The standard InChI is InChI=1S/C22H26BrN3O5/c1-4-30-17-8-6-16(7-9-17)25-20(27)10-11-21(28)26-24-14-15-12-18(23)22(29-3)19(13-15)31-5-2/h6-9,12-14H,4-5,10-11H2,1-3H3,(H,25,27)(H,26,28). The van der Waals surface area contributed by atoms with Crippen LogP contribution in [-0.4, -0.2) is 38.4 Å². The fourth-order valence-electron chi connectivity index (χ4n) is 2.61. The number of nitrogens with one attached hydrogen (secondary N) is 2. The SMILES string of the molecule is CCOc1ccc(NC(=O)CCC(=O)NN=Cc2cc(Br)c(OC)c(OCC)c2)cc1. The summed E-state index contributed by atoms with van der Waals surface area (Å²) in [5.74, 6) is 1.26. The van der Waals surface area contributed by atoms with Gasteiger partial charge in [0.1, 0.15) is 5.75 Å². The number of benzene rings is 2. The van der Waals surface area contributed by atoms with Crippen molar-refractivity contribution in [3.63, 3.8) is 0 Å². The number of carbonyl (C=O) groups is 2. The molecule has 0 fully saturated rings. The highest BCUT2D eigenvalue weighted by atomic mass is 79.9. The zero-order valence-electron chi connectivity index (χ0n) is 17.7. The minimum Gasteiger partial charge on any atom is -0.494 e. The number of anilines is 1. The smallest absolute Gasteiger partial charge is 0.240 e. The van der Waals surface area contributed by atoms with E-state index in [2.05, 4.69) is 31.8 Å². The highest BCUT2D eigenvalue weighted by Crippen LogP contribution is 2.36. The molecule has 0 aliphatic heterocycles. The summed E-state index contributed by atoms with van der Waals surface area (Å²) in [4.78, 5) is 24.0. The summed E-state index contributed by atoms with van der Waals surface area (Å²) in [6.45, 7) is 4.84. The van der Waals surface area contributed by atoms with Gasteiger partial charge in [-0.05, 0) is 71.7 Å². The molecule has 2 aromatic carbocycles. The van der Waals surface area contributed by atoms with Crippen molar-refractivity contribution in [1.29, 1.82) is 0 Å². The number of amides is 2. The molecular formula is C22H26BrN3O5. The molecule has 0 aromatic heterocycles. The van der Waals surface area contributed by atoms with E-state index in [0.717, 1.165) is 5.75 Å². The third-order valence-corrected chi connectivity index (χ3v) is 4.56. The molecule has 0 saturated carbocycles. The Balaban J connectivity index is 1.82. The Morgan fingerprint density at radius 2 is 1.71 bits per heavy atom. The number of hydrogen-bond acceptors (Lipinski definition) is 6. The quantitative estimate of drug-likeness (QED) is 0.363. The number of carbonyl (C=O) groups excluding carboxylic acids is 2. The van der Waals surface area contributed by atoms with Crippen LogP contribution in [0.1, 0.15) is 32.3 Å². The molecule has 0 aliphatic rings. The normalized spacial score (nSPS) is 10.6. The Bertz CT molecular complexity index is 916. The predicted octanol–water partition coefficient (Wildman–Crippen LogP) is 4.12. The summed E-state index contributed by atoms with van der Waals surface area (Å²) < 4.78 is 16.9. The first-order valence-corrected chi connectivity index (χ1v) is 10.6. The molecule has 0 saturated heterocycles. The summed E-state index contributed by atoms with van der Waals surface area (Å²) in [6, 6.07) is 10.6. The maximum Gasteiger partial charge on any atom is 0.240 e. The van der Waals surface area contributed by atoms with Crippen LogP contribution >= 0.6 is 15.9 Å². The van der Waals surface area contributed by atoms with Crippen LogP contribution in [-0.2, 0) is 9.59 Å². The molecule has 0 bridgehead atoms. The van der Waals surface area contributed by atoms with Gasteiger partial charge in [0.05, 0.1) is 31.0 Å². The zero-order chi connectivity index (χ0) is 22.6.